The summed E-state index contributed by atoms with van der Waals surface area (Å²) in [5.74, 6) is 0. The molecular weight excluding hydrogens is 127 g/mol. The van der Waals surface area contributed by atoms with Gasteiger partial charge in [0.2, 0.25) is 0 Å². The first-order chi connectivity index (χ1) is 4.54. The van der Waals surface area contributed by atoms with Crippen LogP contribution in [-0.4, -0.2) is 17.2 Å². The van der Waals surface area contributed by atoms with E-state index in [0.29, 0.717) is 0 Å². The molecule has 2 nitrogen and oxygen atoms in total. The van der Waals surface area contributed by atoms with Gasteiger partial charge in [-0.25, -0.2) is 0 Å². The monoisotopic (exact) mass is 140 g/mol. The Morgan fingerprint density at radius 2 is 2.10 bits per heavy atom. The summed E-state index contributed by atoms with van der Waals surface area (Å²) in [6.45, 7) is 4.07. The molecule has 0 bridgehead atoms. The van der Waals surface area contributed by atoms with Crippen molar-refractivity contribution in [3.8, 4) is 0 Å². The van der Waals surface area contributed by atoms with E-state index in [1.165, 1.54) is 0 Å². The van der Waals surface area contributed by atoms with E-state index in [1.54, 1.807) is 0 Å². The maximum absolute atomic E-state index is 8.88. The molecule has 1 aliphatic carbocycles. The molecule has 0 spiro atoms. The van der Waals surface area contributed by atoms with E-state index in [0.717, 1.165) is 18.3 Å². The highest BCUT2D eigenvalue weighted by Gasteiger charge is 2.33. The molecule has 56 valence electrons. The molecule has 0 aromatic carbocycles. The highest BCUT2D eigenvalue weighted by Crippen LogP contribution is 2.37. The molecule has 0 atom stereocenters. The highest BCUT2D eigenvalue weighted by molar-refractivity contribution is 6.51. The Morgan fingerprint density at radius 1 is 1.50 bits per heavy atom. The van der Waals surface area contributed by atoms with Crippen molar-refractivity contribution in [3.05, 3.63) is 11.5 Å². The van der Waals surface area contributed by atoms with Gasteiger partial charge in [0.1, 0.15) is 0 Å². The zero-order valence-corrected chi connectivity index (χ0v) is 6.46. The molecule has 0 aromatic rings. The minimum Gasteiger partial charge on any atom is -0.423 e. The lowest BCUT2D eigenvalue weighted by Gasteiger charge is -2.21. The van der Waals surface area contributed by atoms with Gasteiger partial charge in [-0.3, -0.25) is 0 Å². The lowest BCUT2D eigenvalue weighted by Crippen LogP contribution is -2.25. The van der Waals surface area contributed by atoms with Gasteiger partial charge in [0.05, 0.1) is 0 Å². The first-order valence-corrected chi connectivity index (χ1v) is 3.61. The normalized spacial score (nSPS) is 22.6. The van der Waals surface area contributed by atoms with E-state index < -0.39 is 7.12 Å². The molecule has 0 saturated carbocycles. The molecule has 0 amide bonds. The number of allylic oxidation sites excluding steroid dienone is 2. The second-order valence-electron chi connectivity index (χ2n) is 3.46. The van der Waals surface area contributed by atoms with Gasteiger partial charge in [0.25, 0.3) is 0 Å². The predicted molar refractivity (Wildman–Crippen MR) is 41.3 cm³/mol. The van der Waals surface area contributed by atoms with Crippen LogP contribution in [0.5, 0.6) is 0 Å². The van der Waals surface area contributed by atoms with Crippen LogP contribution in [-0.2, 0) is 0 Å². The van der Waals surface area contributed by atoms with Crippen LogP contribution in [0.4, 0.5) is 0 Å². The lowest BCUT2D eigenvalue weighted by molar-refractivity contribution is 0.381. The van der Waals surface area contributed by atoms with Crippen molar-refractivity contribution in [3.63, 3.8) is 0 Å². The number of hydrogen-bond donors (Lipinski definition) is 2. The van der Waals surface area contributed by atoms with Gasteiger partial charge < -0.3 is 10.0 Å². The molecule has 0 radical (unpaired) electrons. The zero-order valence-electron chi connectivity index (χ0n) is 6.46. The summed E-state index contributed by atoms with van der Waals surface area (Å²) in [7, 11) is -1.25. The third-order valence-electron chi connectivity index (χ3n) is 2.19. The third-order valence-corrected chi connectivity index (χ3v) is 2.19. The molecule has 1 aliphatic rings. The molecule has 0 fully saturated rings. The maximum Gasteiger partial charge on any atom is 0.484 e. The minimum atomic E-state index is -1.25. The van der Waals surface area contributed by atoms with E-state index in [1.807, 2.05) is 19.9 Å². The Bertz CT molecular complexity index is 161. The largest absolute Gasteiger partial charge is 0.484 e. The van der Waals surface area contributed by atoms with Gasteiger partial charge >= 0.3 is 7.12 Å². The molecule has 0 unspecified atom stereocenters. The van der Waals surface area contributed by atoms with Gasteiger partial charge in [-0.15, -0.1) is 0 Å². The Labute approximate surface area is 61.7 Å². The average molecular weight is 140 g/mol. The SMILES string of the molecule is CC1(C)CCC=C1B(O)O. The van der Waals surface area contributed by atoms with E-state index in [4.69, 9.17) is 10.0 Å². The summed E-state index contributed by atoms with van der Waals surface area (Å²) < 4.78 is 0. The van der Waals surface area contributed by atoms with E-state index >= 15 is 0 Å². The van der Waals surface area contributed by atoms with Crippen LogP contribution in [0.1, 0.15) is 26.7 Å². The van der Waals surface area contributed by atoms with Crippen LogP contribution >= 0.6 is 0 Å². The summed E-state index contributed by atoms with van der Waals surface area (Å²) in [4.78, 5) is 0. The van der Waals surface area contributed by atoms with Crippen LogP contribution in [0.15, 0.2) is 11.5 Å². The van der Waals surface area contributed by atoms with Crippen LogP contribution < -0.4 is 0 Å². The van der Waals surface area contributed by atoms with Gasteiger partial charge in [0, 0.05) is 0 Å². The quantitative estimate of drug-likeness (QED) is 0.527. The Morgan fingerprint density at radius 3 is 2.30 bits per heavy atom. The number of hydrogen-bond acceptors (Lipinski definition) is 2. The minimum absolute atomic E-state index is 0.00579. The van der Waals surface area contributed by atoms with E-state index in [2.05, 4.69) is 0 Å². The molecule has 2 N–H and O–H groups in total. The zero-order chi connectivity index (χ0) is 7.78. The molecule has 0 heterocycles. The topological polar surface area (TPSA) is 40.5 Å². The average Bonchev–Trinajstić information content (AvgIpc) is 2.08. The van der Waals surface area contributed by atoms with Crippen molar-refractivity contribution >= 4 is 7.12 Å². The fourth-order valence-electron chi connectivity index (χ4n) is 1.46. The molecular formula is C7H13BO2. The van der Waals surface area contributed by atoms with Crippen molar-refractivity contribution in [2.75, 3.05) is 0 Å². The van der Waals surface area contributed by atoms with Crippen molar-refractivity contribution in [2.45, 2.75) is 26.7 Å². The standard InChI is InChI=1S/C7H13BO2/c1-7(2)5-3-4-6(7)8(9)10/h4,9-10H,3,5H2,1-2H3. The Kier molecular flexibility index (Phi) is 1.88. The van der Waals surface area contributed by atoms with E-state index in [-0.39, 0.29) is 5.41 Å². The van der Waals surface area contributed by atoms with Crippen molar-refractivity contribution < 1.29 is 10.0 Å². The molecule has 0 aromatic heterocycles. The Balaban J connectivity index is 2.75. The highest BCUT2D eigenvalue weighted by atomic mass is 16.4. The second kappa shape index (κ2) is 2.40. The van der Waals surface area contributed by atoms with Crippen LogP contribution in [0.2, 0.25) is 0 Å². The second-order valence-corrected chi connectivity index (χ2v) is 3.46. The maximum atomic E-state index is 8.88. The van der Waals surface area contributed by atoms with Crippen molar-refractivity contribution in [1.82, 2.24) is 0 Å². The van der Waals surface area contributed by atoms with Gasteiger partial charge in [-0.05, 0) is 23.7 Å². The number of rotatable bonds is 1. The van der Waals surface area contributed by atoms with Gasteiger partial charge in [-0.1, -0.05) is 19.9 Å². The van der Waals surface area contributed by atoms with Crippen LogP contribution in [0, 0.1) is 5.41 Å². The molecule has 0 saturated heterocycles. The van der Waals surface area contributed by atoms with Crippen LogP contribution in [0.25, 0.3) is 0 Å². The smallest absolute Gasteiger partial charge is 0.423 e. The van der Waals surface area contributed by atoms with Gasteiger partial charge in [-0.2, -0.15) is 0 Å². The summed E-state index contributed by atoms with van der Waals surface area (Å²) in [6.07, 6.45) is 3.92. The van der Waals surface area contributed by atoms with Gasteiger partial charge in [0.15, 0.2) is 0 Å². The van der Waals surface area contributed by atoms with Crippen molar-refractivity contribution in [2.24, 2.45) is 5.41 Å². The van der Waals surface area contributed by atoms with Crippen molar-refractivity contribution in [1.29, 1.82) is 0 Å². The summed E-state index contributed by atoms with van der Waals surface area (Å²) in [5, 5.41) is 17.8. The summed E-state index contributed by atoms with van der Waals surface area (Å²) in [5.41, 5.74) is 0.765. The third kappa shape index (κ3) is 1.25. The van der Waals surface area contributed by atoms with Crippen LogP contribution in [0.3, 0.4) is 0 Å². The Hall–Kier alpha value is -0.275. The molecule has 10 heavy (non-hydrogen) atoms. The fraction of sp³-hybridized carbons (Fsp3) is 0.714. The first-order valence-electron chi connectivity index (χ1n) is 3.61. The molecule has 3 heteroatoms. The first kappa shape index (κ1) is 7.83. The molecule has 0 aliphatic heterocycles. The summed E-state index contributed by atoms with van der Waals surface area (Å²) >= 11 is 0. The summed E-state index contributed by atoms with van der Waals surface area (Å²) in [6, 6.07) is 0. The predicted octanol–water partition coefficient (Wildman–Crippen LogP) is 0.745. The fourth-order valence-corrected chi connectivity index (χ4v) is 1.46. The lowest BCUT2D eigenvalue weighted by atomic mass is 9.66. The molecule has 1 rings (SSSR count). The van der Waals surface area contributed by atoms with E-state index in [9.17, 15) is 0 Å².